The predicted molar refractivity (Wildman–Crippen MR) is 82.7 cm³/mol. The fourth-order valence-corrected chi connectivity index (χ4v) is 3.52. The lowest BCUT2D eigenvalue weighted by molar-refractivity contribution is -0.121. The van der Waals surface area contributed by atoms with Crippen molar-refractivity contribution in [3.05, 3.63) is 34.3 Å². The number of rotatable bonds is 5. The molecule has 2 rings (SSSR count). The minimum atomic E-state index is -3.34. The minimum Gasteiger partial charge on any atom is -0.349 e. The Bertz CT molecular complexity index is 644. The molecule has 0 saturated heterocycles. The lowest BCUT2D eigenvalue weighted by atomic mass is 10.1. The molecule has 0 saturated carbocycles. The summed E-state index contributed by atoms with van der Waals surface area (Å²) in [7, 11) is -0.421. The van der Waals surface area contributed by atoms with E-state index in [1.807, 2.05) is 18.2 Å². The molecule has 0 radical (unpaired) electrons. The number of amides is 1. The van der Waals surface area contributed by atoms with E-state index in [4.69, 9.17) is 11.6 Å². The van der Waals surface area contributed by atoms with E-state index >= 15 is 0 Å². The van der Waals surface area contributed by atoms with E-state index in [0.717, 1.165) is 33.3 Å². The number of hydrogen-bond donors (Lipinski definition) is 1. The van der Waals surface area contributed by atoms with Crippen molar-refractivity contribution in [3.63, 3.8) is 0 Å². The second-order valence-electron chi connectivity index (χ2n) is 5.31. The molecular formula is C14H19ClN2O3S. The molecule has 0 spiro atoms. The summed E-state index contributed by atoms with van der Waals surface area (Å²) < 4.78 is 24.4. The number of carbonyl (C=O) groups excluding carboxylic acids is 1. The summed E-state index contributed by atoms with van der Waals surface area (Å²) in [5.41, 5.74) is 2.11. The van der Waals surface area contributed by atoms with Gasteiger partial charge in [-0.1, -0.05) is 23.7 Å². The number of carbonyl (C=O) groups is 1. The Kier molecular flexibility index (Phi) is 4.91. The van der Waals surface area contributed by atoms with Crippen LogP contribution in [0.25, 0.3) is 0 Å². The summed E-state index contributed by atoms with van der Waals surface area (Å²) in [6, 6.07) is 5.58. The number of halogens is 1. The van der Waals surface area contributed by atoms with Crippen LogP contribution in [0.3, 0.4) is 0 Å². The molecule has 0 unspecified atom stereocenters. The molecule has 5 nitrogen and oxygen atoms in total. The number of hydrogen-bond acceptors (Lipinski definition) is 3. The van der Waals surface area contributed by atoms with Crippen LogP contribution in [0.1, 0.15) is 30.0 Å². The van der Waals surface area contributed by atoms with Gasteiger partial charge in [-0.3, -0.25) is 4.79 Å². The molecule has 1 amide bonds. The number of nitrogens with one attached hydrogen (secondary N) is 1. The molecule has 0 fully saturated rings. The highest BCUT2D eigenvalue weighted by molar-refractivity contribution is 7.89. The first kappa shape index (κ1) is 16.3. The van der Waals surface area contributed by atoms with Crippen LogP contribution >= 0.6 is 11.6 Å². The van der Waals surface area contributed by atoms with Crippen molar-refractivity contribution in [2.45, 2.75) is 25.3 Å². The third-order valence-electron chi connectivity index (χ3n) is 3.69. The van der Waals surface area contributed by atoms with Gasteiger partial charge in [0.1, 0.15) is 0 Å². The van der Waals surface area contributed by atoms with Crippen molar-refractivity contribution in [1.82, 2.24) is 9.62 Å². The molecule has 21 heavy (non-hydrogen) atoms. The topological polar surface area (TPSA) is 66.5 Å². The molecular weight excluding hydrogens is 312 g/mol. The fraction of sp³-hybridized carbons (Fsp3) is 0.500. The van der Waals surface area contributed by atoms with Crippen molar-refractivity contribution in [2.75, 3.05) is 19.8 Å². The van der Waals surface area contributed by atoms with Gasteiger partial charge in [-0.25, -0.2) is 12.7 Å². The summed E-state index contributed by atoms with van der Waals surface area (Å²) in [5, 5.41) is 3.61. The van der Waals surface area contributed by atoms with E-state index < -0.39 is 10.0 Å². The minimum absolute atomic E-state index is 0.0348. The molecule has 116 valence electrons. The third-order valence-corrected chi connectivity index (χ3v) is 5.88. The number of nitrogens with zero attached hydrogens (tertiary/aromatic N) is 1. The number of fused-ring (bicyclic) bond motifs is 1. The zero-order chi connectivity index (χ0) is 15.6. The average Bonchev–Trinajstić information content (AvgIpc) is 2.81. The molecule has 0 heterocycles. The van der Waals surface area contributed by atoms with E-state index in [9.17, 15) is 13.2 Å². The van der Waals surface area contributed by atoms with Gasteiger partial charge in [-0.05, 0) is 30.0 Å². The normalized spacial score (nSPS) is 17.8. The second-order valence-corrected chi connectivity index (χ2v) is 8.02. The Morgan fingerprint density at radius 1 is 1.43 bits per heavy atom. The predicted octanol–water partition coefficient (Wildman–Crippen LogP) is 1.73. The maximum atomic E-state index is 11.9. The van der Waals surface area contributed by atoms with E-state index in [0.29, 0.717) is 0 Å². The molecule has 1 aromatic rings. The van der Waals surface area contributed by atoms with E-state index in [1.54, 1.807) is 0 Å². The van der Waals surface area contributed by atoms with Gasteiger partial charge in [0.15, 0.2) is 0 Å². The van der Waals surface area contributed by atoms with Crippen LogP contribution in [0.15, 0.2) is 18.2 Å². The van der Waals surface area contributed by atoms with Crippen molar-refractivity contribution in [2.24, 2.45) is 0 Å². The van der Waals surface area contributed by atoms with E-state index in [-0.39, 0.29) is 24.1 Å². The van der Waals surface area contributed by atoms with E-state index in [2.05, 4.69) is 5.32 Å². The van der Waals surface area contributed by atoms with E-state index in [1.165, 1.54) is 14.1 Å². The maximum Gasteiger partial charge on any atom is 0.221 e. The summed E-state index contributed by atoms with van der Waals surface area (Å²) >= 11 is 6.13. The summed E-state index contributed by atoms with van der Waals surface area (Å²) in [6.07, 6.45) is 1.59. The first-order valence-corrected chi connectivity index (χ1v) is 8.77. The molecule has 1 atom stereocenters. The highest BCUT2D eigenvalue weighted by atomic mass is 35.5. The first-order chi connectivity index (χ1) is 9.81. The van der Waals surface area contributed by atoms with Gasteiger partial charge in [0.2, 0.25) is 15.9 Å². The van der Waals surface area contributed by atoms with Crippen molar-refractivity contribution in [3.8, 4) is 0 Å². The van der Waals surface area contributed by atoms with Crippen LogP contribution in [0, 0.1) is 0 Å². The van der Waals surface area contributed by atoms with Crippen LogP contribution in [0.2, 0.25) is 5.02 Å². The lowest BCUT2D eigenvalue weighted by Gasteiger charge is -2.15. The maximum absolute atomic E-state index is 11.9. The largest absolute Gasteiger partial charge is 0.349 e. The van der Waals surface area contributed by atoms with Crippen LogP contribution in [0.4, 0.5) is 0 Å². The quantitative estimate of drug-likeness (QED) is 0.894. The monoisotopic (exact) mass is 330 g/mol. The molecule has 0 aromatic heterocycles. The van der Waals surface area contributed by atoms with Gasteiger partial charge in [-0.15, -0.1) is 0 Å². The highest BCUT2D eigenvalue weighted by Crippen LogP contribution is 2.35. The van der Waals surface area contributed by atoms with Crippen molar-refractivity contribution >= 4 is 27.5 Å². The molecule has 7 heteroatoms. The second kappa shape index (κ2) is 6.34. The molecule has 0 bridgehead atoms. The molecule has 1 aliphatic rings. The Hall–Kier alpha value is -1.11. The summed E-state index contributed by atoms with van der Waals surface area (Å²) in [6.45, 7) is 0. The number of benzene rings is 1. The van der Waals surface area contributed by atoms with Crippen LogP contribution in [-0.4, -0.2) is 38.5 Å². The zero-order valence-corrected chi connectivity index (χ0v) is 13.7. The lowest BCUT2D eigenvalue weighted by Crippen LogP contribution is -2.31. The third kappa shape index (κ3) is 3.75. The molecule has 1 N–H and O–H groups in total. The van der Waals surface area contributed by atoms with Gasteiger partial charge in [0.05, 0.1) is 11.8 Å². The molecule has 0 aliphatic heterocycles. The first-order valence-electron chi connectivity index (χ1n) is 6.78. The average molecular weight is 331 g/mol. The fourth-order valence-electron chi connectivity index (χ4n) is 2.43. The smallest absolute Gasteiger partial charge is 0.221 e. The standard InChI is InChI=1S/C14H19ClN2O3S/c1-17(2)21(19,20)9-8-14(18)16-13-7-6-10-11(13)4-3-5-12(10)15/h3-5,13H,6-9H2,1-2H3,(H,16,18)/t13-/m0/s1. The SMILES string of the molecule is CN(C)S(=O)(=O)CCC(=O)N[C@H]1CCc2c(Cl)cccc21. The van der Waals surface area contributed by atoms with Crippen molar-refractivity contribution in [1.29, 1.82) is 0 Å². The van der Waals surface area contributed by atoms with Gasteiger partial charge in [-0.2, -0.15) is 0 Å². The van der Waals surface area contributed by atoms with Crippen LogP contribution in [-0.2, 0) is 21.2 Å². The van der Waals surface area contributed by atoms with Crippen LogP contribution in [0.5, 0.6) is 0 Å². The Morgan fingerprint density at radius 3 is 2.81 bits per heavy atom. The van der Waals surface area contributed by atoms with Gasteiger partial charge < -0.3 is 5.32 Å². The van der Waals surface area contributed by atoms with Crippen LogP contribution < -0.4 is 5.32 Å². The Balaban J connectivity index is 1.96. The Labute approximate surface area is 130 Å². The summed E-state index contributed by atoms with van der Waals surface area (Å²) in [5.74, 6) is -0.431. The van der Waals surface area contributed by atoms with Gasteiger partial charge in [0, 0.05) is 25.5 Å². The Morgan fingerprint density at radius 2 is 2.14 bits per heavy atom. The summed E-state index contributed by atoms with van der Waals surface area (Å²) in [4.78, 5) is 11.9. The highest BCUT2D eigenvalue weighted by Gasteiger charge is 2.26. The van der Waals surface area contributed by atoms with Gasteiger partial charge >= 0.3 is 0 Å². The number of sulfonamides is 1. The van der Waals surface area contributed by atoms with Crippen molar-refractivity contribution < 1.29 is 13.2 Å². The van der Waals surface area contributed by atoms with Gasteiger partial charge in [0.25, 0.3) is 0 Å². The molecule has 1 aromatic carbocycles. The zero-order valence-electron chi connectivity index (χ0n) is 12.1. The molecule has 1 aliphatic carbocycles.